The summed E-state index contributed by atoms with van der Waals surface area (Å²) in [4.78, 5) is 30.7. The lowest BCUT2D eigenvalue weighted by atomic mass is 10.1. The molecule has 3 N–H and O–H groups in total. The molecule has 1 aromatic carbocycles. The molecular weight excluding hydrogens is 456 g/mol. The van der Waals surface area contributed by atoms with Gasteiger partial charge in [0.05, 0.1) is 0 Å². The Hall–Kier alpha value is -3.92. The maximum atomic E-state index is 12.2. The molecule has 1 fully saturated rings. The molecule has 0 atom stereocenters. The predicted molar refractivity (Wildman–Crippen MR) is 142 cm³/mol. The fraction of sp³-hybridized carbons (Fsp3) is 0.385. The molecule has 36 heavy (non-hydrogen) atoms. The van der Waals surface area contributed by atoms with Crippen molar-refractivity contribution in [3.05, 3.63) is 48.2 Å². The van der Waals surface area contributed by atoms with Crippen molar-refractivity contribution < 1.29 is 9.53 Å². The highest BCUT2D eigenvalue weighted by molar-refractivity contribution is 5.99. The lowest BCUT2D eigenvalue weighted by Crippen LogP contribution is -2.46. The highest BCUT2D eigenvalue weighted by atomic mass is 16.5. The first kappa shape index (κ1) is 23.8. The van der Waals surface area contributed by atoms with Crippen molar-refractivity contribution >= 4 is 40.7 Å². The molecule has 2 aliphatic rings. The molecule has 1 amide bonds. The van der Waals surface area contributed by atoms with Crippen LogP contribution in [-0.4, -0.2) is 64.1 Å². The first-order valence-electron chi connectivity index (χ1n) is 12.3. The average Bonchev–Trinajstić information content (AvgIpc) is 2.87. The third-order valence-electron chi connectivity index (χ3n) is 6.53. The van der Waals surface area contributed by atoms with Gasteiger partial charge >= 0.3 is 0 Å². The number of aryl methyl sites for hydroxylation is 1. The number of benzene rings is 1. The molecule has 0 aliphatic carbocycles. The molecule has 1 saturated heterocycles. The molecule has 2 aliphatic heterocycles. The fourth-order valence-corrected chi connectivity index (χ4v) is 4.22. The van der Waals surface area contributed by atoms with E-state index in [9.17, 15) is 4.79 Å². The summed E-state index contributed by atoms with van der Waals surface area (Å²) < 4.78 is 5.76. The Morgan fingerprint density at radius 3 is 2.50 bits per heavy atom. The van der Waals surface area contributed by atoms with Crippen LogP contribution in [0.1, 0.15) is 26.3 Å². The van der Waals surface area contributed by atoms with E-state index in [0.717, 1.165) is 44.0 Å². The number of pyridine rings is 1. The zero-order chi connectivity index (χ0) is 25.3. The second kappa shape index (κ2) is 9.62. The predicted octanol–water partition coefficient (Wildman–Crippen LogP) is 3.92. The van der Waals surface area contributed by atoms with E-state index in [2.05, 4.69) is 59.8 Å². The number of aromatic nitrogens is 3. The van der Waals surface area contributed by atoms with Crippen molar-refractivity contribution in [1.82, 2.24) is 19.9 Å². The Labute approximate surface area is 211 Å². The minimum absolute atomic E-state index is 0.237. The summed E-state index contributed by atoms with van der Waals surface area (Å²) in [6, 6.07) is 11.9. The topological polar surface area (TPSA) is 108 Å². The van der Waals surface area contributed by atoms with Gasteiger partial charge in [-0.1, -0.05) is 6.92 Å². The number of hydrogen-bond acceptors (Lipinski definition) is 9. The smallest absolute Gasteiger partial charge is 0.269 e. The minimum atomic E-state index is -0.935. The van der Waals surface area contributed by atoms with E-state index in [4.69, 9.17) is 4.74 Å². The van der Waals surface area contributed by atoms with Crippen LogP contribution in [0.3, 0.4) is 0 Å². The summed E-state index contributed by atoms with van der Waals surface area (Å²) in [5.41, 5.74) is 2.06. The number of carbonyl (C=O) groups excluding carboxylic acids is 1. The van der Waals surface area contributed by atoms with E-state index >= 15 is 0 Å². The molecule has 5 rings (SSSR count). The van der Waals surface area contributed by atoms with Crippen molar-refractivity contribution in [3.8, 4) is 5.75 Å². The van der Waals surface area contributed by atoms with E-state index in [1.807, 2.05) is 19.1 Å². The lowest BCUT2D eigenvalue weighted by molar-refractivity contribution is -0.129. The van der Waals surface area contributed by atoms with Crippen LogP contribution in [-0.2, 0) is 4.79 Å². The first-order valence-corrected chi connectivity index (χ1v) is 12.3. The number of carbonyl (C=O) groups is 1. The van der Waals surface area contributed by atoms with E-state index in [-0.39, 0.29) is 5.91 Å². The van der Waals surface area contributed by atoms with Gasteiger partial charge in [0, 0.05) is 49.3 Å². The van der Waals surface area contributed by atoms with Gasteiger partial charge in [-0.15, -0.1) is 0 Å². The van der Waals surface area contributed by atoms with Gasteiger partial charge in [0.2, 0.25) is 5.95 Å². The SMILES string of the molecule is CCN1CCN(c2ccc(Nc3ncc(C)c(Nc4ccc5c(n4)NC(=O)C(C)(C)O5)n3)cc2)CC1. The maximum Gasteiger partial charge on any atom is 0.269 e. The number of fused-ring (bicyclic) bond motifs is 1. The van der Waals surface area contributed by atoms with Gasteiger partial charge in [0.1, 0.15) is 11.6 Å². The van der Waals surface area contributed by atoms with Gasteiger partial charge in [-0.05, 0) is 63.7 Å². The van der Waals surface area contributed by atoms with Gasteiger partial charge in [-0.25, -0.2) is 9.97 Å². The molecule has 10 heteroatoms. The standard InChI is InChI=1S/C26H32N8O2/c1-5-33-12-14-34(15-13-33)19-8-6-18(7-9-19)28-25-27-16-17(2)22(32-25)29-21-11-10-20-23(30-21)31-24(35)26(3,4)36-20/h6-11,16H,5,12-15H2,1-4H3,(H3,27,28,29,30,31,32,35). The molecule has 2 aromatic heterocycles. The Kier molecular flexibility index (Phi) is 6.36. The molecule has 0 bridgehead atoms. The Balaban J connectivity index is 1.26. The minimum Gasteiger partial charge on any atom is -0.474 e. The van der Waals surface area contributed by atoms with Gasteiger partial charge in [0.25, 0.3) is 5.91 Å². The molecule has 10 nitrogen and oxygen atoms in total. The summed E-state index contributed by atoms with van der Waals surface area (Å²) >= 11 is 0. The third-order valence-corrected chi connectivity index (χ3v) is 6.53. The fourth-order valence-electron chi connectivity index (χ4n) is 4.22. The van der Waals surface area contributed by atoms with Crippen molar-refractivity contribution in [2.75, 3.05) is 53.6 Å². The van der Waals surface area contributed by atoms with Crippen LogP contribution in [0.25, 0.3) is 0 Å². The van der Waals surface area contributed by atoms with Gasteiger partial charge in [-0.2, -0.15) is 4.98 Å². The summed E-state index contributed by atoms with van der Waals surface area (Å²) in [5.74, 6) is 2.31. The number of nitrogens with zero attached hydrogens (tertiary/aromatic N) is 5. The van der Waals surface area contributed by atoms with E-state index < -0.39 is 5.60 Å². The summed E-state index contributed by atoms with van der Waals surface area (Å²) in [5, 5.41) is 9.31. The molecule has 188 valence electrons. The number of rotatable bonds is 6. The zero-order valence-corrected chi connectivity index (χ0v) is 21.1. The van der Waals surface area contributed by atoms with E-state index in [1.54, 1.807) is 32.2 Å². The summed E-state index contributed by atoms with van der Waals surface area (Å²) in [6.07, 6.45) is 1.76. The van der Waals surface area contributed by atoms with Crippen LogP contribution < -0.4 is 25.6 Å². The van der Waals surface area contributed by atoms with E-state index in [0.29, 0.717) is 29.2 Å². The Bertz CT molecular complexity index is 1250. The van der Waals surface area contributed by atoms with Gasteiger partial charge in [-0.3, -0.25) is 4.79 Å². The van der Waals surface area contributed by atoms with Crippen LogP contribution >= 0.6 is 0 Å². The van der Waals surface area contributed by atoms with Crippen LogP contribution in [0.5, 0.6) is 5.75 Å². The van der Waals surface area contributed by atoms with Crippen molar-refractivity contribution in [3.63, 3.8) is 0 Å². The molecule has 0 spiro atoms. The van der Waals surface area contributed by atoms with Gasteiger partial charge in [0.15, 0.2) is 17.2 Å². The highest BCUT2D eigenvalue weighted by Gasteiger charge is 2.36. The van der Waals surface area contributed by atoms with Crippen LogP contribution in [0, 0.1) is 6.92 Å². The second-order valence-corrected chi connectivity index (χ2v) is 9.55. The van der Waals surface area contributed by atoms with Crippen molar-refractivity contribution in [2.24, 2.45) is 0 Å². The largest absolute Gasteiger partial charge is 0.474 e. The number of ether oxygens (including phenoxy) is 1. The maximum absolute atomic E-state index is 12.2. The molecule has 0 radical (unpaired) electrons. The highest BCUT2D eigenvalue weighted by Crippen LogP contribution is 2.33. The summed E-state index contributed by atoms with van der Waals surface area (Å²) in [7, 11) is 0. The monoisotopic (exact) mass is 488 g/mol. The quantitative estimate of drug-likeness (QED) is 0.476. The molecule has 0 saturated carbocycles. The van der Waals surface area contributed by atoms with E-state index in [1.165, 1.54) is 5.69 Å². The number of nitrogens with one attached hydrogen (secondary N) is 3. The Morgan fingerprint density at radius 1 is 1.03 bits per heavy atom. The average molecular weight is 489 g/mol. The zero-order valence-electron chi connectivity index (χ0n) is 21.1. The lowest BCUT2D eigenvalue weighted by Gasteiger charge is -2.35. The van der Waals surface area contributed by atoms with Crippen molar-refractivity contribution in [2.45, 2.75) is 33.3 Å². The normalized spacial score (nSPS) is 17.1. The molecular formula is C26H32N8O2. The first-order chi connectivity index (χ1) is 17.3. The number of hydrogen-bond donors (Lipinski definition) is 3. The molecule has 4 heterocycles. The number of piperazine rings is 1. The number of amides is 1. The van der Waals surface area contributed by atoms with Gasteiger partial charge < -0.3 is 30.5 Å². The van der Waals surface area contributed by atoms with Crippen LogP contribution in [0.4, 0.5) is 34.8 Å². The summed E-state index contributed by atoms with van der Waals surface area (Å²) in [6.45, 7) is 13.0. The van der Waals surface area contributed by atoms with Crippen LogP contribution in [0.15, 0.2) is 42.6 Å². The number of anilines is 6. The second-order valence-electron chi connectivity index (χ2n) is 9.55. The molecule has 3 aromatic rings. The molecule has 0 unspecified atom stereocenters. The third kappa shape index (κ3) is 5.03. The van der Waals surface area contributed by atoms with Crippen LogP contribution in [0.2, 0.25) is 0 Å². The number of likely N-dealkylation sites (N-methyl/N-ethyl adjacent to an activating group) is 1. The Morgan fingerprint density at radius 2 is 1.78 bits per heavy atom. The van der Waals surface area contributed by atoms with Crippen molar-refractivity contribution in [1.29, 1.82) is 0 Å².